The molecule has 0 amide bonds. The third-order valence-corrected chi connectivity index (χ3v) is 3.24. The van der Waals surface area contributed by atoms with Gasteiger partial charge in [0.15, 0.2) is 0 Å². The average molecular weight is 339 g/mol. The molecule has 6 heteroatoms. The van der Waals surface area contributed by atoms with Gasteiger partial charge in [0.2, 0.25) is 11.8 Å². The van der Waals surface area contributed by atoms with Crippen molar-refractivity contribution in [1.29, 1.82) is 0 Å². The molecule has 0 aliphatic rings. The quantitative estimate of drug-likeness (QED) is 0.928. The lowest BCUT2D eigenvalue weighted by Gasteiger charge is -2.14. The molecule has 0 aliphatic heterocycles. The smallest absolute Gasteiger partial charge is 0.241 e. The van der Waals surface area contributed by atoms with Crippen LogP contribution in [-0.4, -0.2) is 29.3 Å². The van der Waals surface area contributed by atoms with E-state index in [-0.39, 0.29) is 5.88 Å². The van der Waals surface area contributed by atoms with Crippen molar-refractivity contribution in [2.45, 2.75) is 13.0 Å². The zero-order valence-corrected chi connectivity index (χ0v) is 13.0. The molecule has 1 aromatic heterocycles. The number of halogens is 1. The summed E-state index contributed by atoms with van der Waals surface area (Å²) in [5.74, 6) is 0.581. The van der Waals surface area contributed by atoms with Gasteiger partial charge in [0, 0.05) is 4.47 Å². The second-order valence-corrected chi connectivity index (χ2v) is 5.19. The highest BCUT2D eigenvalue weighted by molar-refractivity contribution is 9.10. The number of aliphatic hydroxyl groups is 1. The minimum atomic E-state index is -0.917. The molecular weight excluding hydrogens is 324 g/mol. The molecule has 0 saturated carbocycles. The van der Waals surface area contributed by atoms with Gasteiger partial charge in [0.05, 0.1) is 20.4 Å². The maximum absolute atomic E-state index is 10.5. The Labute approximate surface area is 125 Å². The van der Waals surface area contributed by atoms with Crippen LogP contribution in [0.3, 0.4) is 0 Å². The highest BCUT2D eigenvalue weighted by Gasteiger charge is 2.20. The molecule has 1 heterocycles. The third-order valence-electron chi connectivity index (χ3n) is 2.79. The van der Waals surface area contributed by atoms with Gasteiger partial charge < -0.3 is 14.6 Å². The van der Waals surface area contributed by atoms with E-state index in [0.717, 1.165) is 15.6 Å². The molecule has 0 bridgehead atoms. The van der Waals surface area contributed by atoms with Crippen LogP contribution in [-0.2, 0) is 0 Å². The SMILES string of the molecule is COc1cnc(C(O)c2cc(C)cc(Br)c2)c(OC)n1. The zero-order chi connectivity index (χ0) is 14.7. The molecule has 0 spiro atoms. The fourth-order valence-electron chi connectivity index (χ4n) is 1.88. The van der Waals surface area contributed by atoms with Crippen molar-refractivity contribution in [3.05, 3.63) is 45.7 Å². The minimum absolute atomic E-state index is 0.245. The number of aromatic nitrogens is 2. The first-order valence-electron chi connectivity index (χ1n) is 5.95. The van der Waals surface area contributed by atoms with Gasteiger partial charge in [0.25, 0.3) is 0 Å². The van der Waals surface area contributed by atoms with Gasteiger partial charge in [-0.05, 0) is 30.2 Å². The average Bonchev–Trinajstić information content (AvgIpc) is 2.44. The van der Waals surface area contributed by atoms with Crippen molar-refractivity contribution in [3.8, 4) is 11.8 Å². The summed E-state index contributed by atoms with van der Waals surface area (Å²) in [6.07, 6.45) is 0.533. The lowest BCUT2D eigenvalue weighted by molar-refractivity contribution is 0.206. The van der Waals surface area contributed by atoms with Crippen LogP contribution in [0.5, 0.6) is 11.8 Å². The summed E-state index contributed by atoms with van der Waals surface area (Å²) in [5, 5.41) is 10.5. The predicted octanol–water partition coefficient (Wildman–Crippen LogP) is 2.65. The van der Waals surface area contributed by atoms with Crippen molar-refractivity contribution in [1.82, 2.24) is 9.97 Å². The monoisotopic (exact) mass is 338 g/mol. The van der Waals surface area contributed by atoms with E-state index >= 15 is 0 Å². The molecule has 1 atom stereocenters. The van der Waals surface area contributed by atoms with Crippen molar-refractivity contribution in [3.63, 3.8) is 0 Å². The summed E-state index contributed by atoms with van der Waals surface area (Å²) in [6, 6.07) is 5.69. The third kappa shape index (κ3) is 3.08. The van der Waals surface area contributed by atoms with E-state index in [9.17, 15) is 5.11 Å². The van der Waals surface area contributed by atoms with Crippen LogP contribution >= 0.6 is 15.9 Å². The number of rotatable bonds is 4. The first-order chi connectivity index (χ1) is 9.55. The minimum Gasteiger partial charge on any atom is -0.480 e. The first-order valence-corrected chi connectivity index (χ1v) is 6.74. The van der Waals surface area contributed by atoms with Crippen molar-refractivity contribution >= 4 is 15.9 Å². The van der Waals surface area contributed by atoms with Crippen LogP contribution in [0.25, 0.3) is 0 Å². The molecular formula is C14H15BrN2O3. The summed E-state index contributed by atoms with van der Waals surface area (Å²) in [4.78, 5) is 8.30. The molecule has 2 rings (SSSR count). The van der Waals surface area contributed by atoms with Gasteiger partial charge >= 0.3 is 0 Å². The highest BCUT2D eigenvalue weighted by atomic mass is 79.9. The number of ether oxygens (including phenoxy) is 2. The normalized spacial score (nSPS) is 12.1. The Morgan fingerprint density at radius 1 is 1.20 bits per heavy atom. The number of benzene rings is 1. The van der Waals surface area contributed by atoms with E-state index in [1.54, 1.807) is 0 Å². The second-order valence-electron chi connectivity index (χ2n) is 4.27. The maximum Gasteiger partial charge on any atom is 0.241 e. The number of hydrogen-bond donors (Lipinski definition) is 1. The molecule has 1 aromatic carbocycles. The molecule has 0 fully saturated rings. The summed E-state index contributed by atoms with van der Waals surface area (Å²) < 4.78 is 11.1. The fourth-order valence-corrected chi connectivity index (χ4v) is 2.51. The van der Waals surface area contributed by atoms with Crippen LogP contribution in [0.2, 0.25) is 0 Å². The largest absolute Gasteiger partial charge is 0.480 e. The summed E-state index contributed by atoms with van der Waals surface area (Å²) >= 11 is 3.41. The standard InChI is InChI=1S/C14H15BrN2O3/c1-8-4-9(6-10(15)5-8)13(18)12-14(20-3)17-11(19-2)7-16-12/h4-7,13,18H,1-3H3. The van der Waals surface area contributed by atoms with E-state index in [1.165, 1.54) is 20.4 Å². The molecule has 0 saturated heterocycles. The van der Waals surface area contributed by atoms with Crippen molar-refractivity contribution in [2.75, 3.05) is 14.2 Å². The molecule has 1 unspecified atom stereocenters. The van der Waals surface area contributed by atoms with Gasteiger partial charge in [-0.2, -0.15) is 4.98 Å². The molecule has 2 aromatic rings. The molecule has 20 heavy (non-hydrogen) atoms. The van der Waals surface area contributed by atoms with E-state index in [2.05, 4.69) is 25.9 Å². The lowest BCUT2D eigenvalue weighted by Crippen LogP contribution is -2.07. The van der Waals surface area contributed by atoms with Crippen molar-refractivity contribution in [2.24, 2.45) is 0 Å². The Morgan fingerprint density at radius 3 is 2.55 bits per heavy atom. The lowest BCUT2D eigenvalue weighted by atomic mass is 10.0. The molecule has 106 valence electrons. The Hall–Kier alpha value is -1.66. The molecule has 0 aliphatic carbocycles. The zero-order valence-electron chi connectivity index (χ0n) is 11.4. The predicted molar refractivity (Wildman–Crippen MR) is 78.1 cm³/mol. The number of hydrogen-bond acceptors (Lipinski definition) is 5. The molecule has 0 radical (unpaired) electrons. The maximum atomic E-state index is 10.5. The second kappa shape index (κ2) is 6.19. The fraction of sp³-hybridized carbons (Fsp3) is 0.286. The Kier molecular flexibility index (Phi) is 4.57. The van der Waals surface area contributed by atoms with Crippen LogP contribution < -0.4 is 9.47 Å². The topological polar surface area (TPSA) is 64.5 Å². The number of methoxy groups -OCH3 is 2. The van der Waals surface area contributed by atoms with E-state index < -0.39 is 6.10 Å². The van der Waals surface area contributed by atoms with Crippen LogP contribution in [0, 0.1) is 6.92 Å². The first kappa shape index (κ1) is 14.7. The van der Waals surface area contributed by atoms with Crippen LogP contribution in [0.1, 0.15) is 22.9 Å². The van der Waals surface area contributed by atoms with E-state index in [4.69, 9.17) is 9.47 Å². The molecule has 5 nitrogen and oxygen atoms in total. The van der Waals surface area contributed by atoms with Crippen LogP contribution in [0.4, 0.5) is 0 Å². The number of aryl methyl sites for hydroxylation is 1. The van der Waals surface area contributed by atoms with Gasteiger partial charge in [-0.1, -0.05) is 22.0 Å². The highest BCUT2D eigenvalue weighted by Crippen LogP contribution is 2.30. The summed E-state index contributed by atoms with van der Waals surface area (Å²) in [6.45, 7) is 1.96. The number of aliphatic hydroxyl groups excluding tert-OH is 1. The van der Waals surface area contributed by atoms with E-state index in [0.29, 0.717) is 11.6 Å². The van der Waals surface area contributed by atoms with Gasteiger partial charge in [0.1, 0.15) is 11.8 Å². The van der Waals surface area contributed by atoms with Crippen molar-refractivity contribution < 1.29 is 14.6 Å². The summed E-state index contributed by atoms with van der Waals surface area (Å²) in [7, 11) is 2.98. The Bertz CT molecular complexity index is 599. The summed E-state index contributed by atoms with van der Waals surface area (Å²) in [5.41, 5.74) is 2.11. The van der Waals surface area contributed by atoms with Gasteiger partial charge in [-0.3, -0.25) is 0 Å². The number of nitrogens with zero attached hydrogens (tertiary/aromatic N) is 2. The van der Waals surface area contributed by atoms with Gasteiger partial charge in [-0.25, -0.2) is 4.98 Å². The van der Waals surface area contributed by atoms with Crippen LogP contribution in [0.15, 0.2) is 28.9 Å². The Morgan fingerprint density at radius 2 is 1.95 bits per heavy atom. The van der Waals surface area contributed by atoms with E-state index in [1.807, 2.05) is 25.1 Å². The van der Waals surface area contributed by atoms with Gasteiger partial charge in [-0.15, -0.1) is 0 Å². The Balaban J connectivity index is 2.44. The molecule has 1 N–H and O–H groups in total.